The van der Waals surface area contributed by atoms with E-state index in [4.69, 9.17) is 16.7 Å². The van der Waals surface area contributed by atoms with Crippen LogP contribution in [-0.2, 0) is 6.54 Å². The highest BCUT2D eigenvalue weighted by Crippen LogP contribution is 2.21. The van der Waals surface area contributed by atoms with E-state index in [0.29, 0.717) is 5.56 Å². The Bertz CT molecular complexity index is 565. The van der Waals surface area contributed by atoms with E-state index in [9.17, 15) is 9.18 Å². The molecule has 0 saturated carbocycles. The molecular weight excluding hydrogens is 245 g/mol. The molecule has 2 rings (SSSR count). The number of hydrogen-bond donors (Lipinski definition) is 1. The predicted molar refractivity (Wildman–Crippen MR) is 61.9 cm³/mol. The summed E-state index contributed by atoms with van der Waals surface area (Å²) in [5, 5.41) is 8.95. The molecule has 0 atom stereocenters. The number of rotatable bonds is 3. The topological polar surface area (TPSA) is 42.2 Å². The summed E-state index contributed by atoms with van der Waals surface area (Å²) >= 11 is 5.81. The van der Waals surface area contributed by atoms with Crippen LogP contribution in [0.15, 0.2) is 36.5 Å². The second-order valence-electron chi connectivity index (χ2n) is 3.54. The summed E-state index contributed by atoms with van der Waals surface area (Å²) < 4.78 is 14.7. The molecule has 0 fully saturated rings. The van der Waals surface area contributed by atoms with Crippen molar-refractivity contribution < 1.29 is 14.3 Å². The van der Waals surface area contributed by atoms with Crippen molar-refractivity contribution in [1.82, 2.24) is 4.57 Å². The maximum atomic E-state index is 13.2. The van der Waals surface area contributed by atoms with Crippen LogP contribution >= 0.6 is 11.6 Å². The van der Waals surface area contributed by atoms with Gasteiger partial charge in [0.05, 0.1) is 5.02 Å². The number of hydrogen-bond acceptors (Lipinski definition) is 1. The van der Waals surface area contributed by atoms with Crippen LogP contribution in [0.3, 0.4) is 0 Å². The van der Waals surface area contributed by atoms with E-state index in [1.54, 1.807) is 24.4 Å². The molecule has 2 aromatic rings. The Morgan fingerprint density at radius 2 is 2.12 bits per heavy atom. The number of carboxylic acids is 1. The number of aromatic nitrogens is 1. The van der Waals surface area contributed by atoms with Gasteiger partial charge in [0.25, 0.3) is 0 Å². The second kappa shape index (κ2) is 4.59. The van der Waals surface area contributed by atoms with Crippen molar-refractivity contribution in [1.29, 1.82) is 0 Å². The lowest BCUT2D eigenvalue weighted by Gasteiger charge is -2.08. The lowest BCUT2D eigenvalue weighted by Crippen LogP contribution is -2.09. The molecule has 88 valence electrons. The zero-order valence-electron chi connectivity index (χ0n) is 8.73. The van der Waals surface area contributed by atoms with E-state index in [-0.39, 0.29) is 17.3 Å². The van der Waals surface area contributed by atoms with Crippen LogP contribution in [0.5, 0.6) is 0 Å². The molecule has 0 amide bonds. The van der Waals surface area contributed by atoms with Crippen molar-refractivity contribution in [2.75, 3.05) is 0 Å². The molecule has 0 aliphatic carbocycles. The summed E-state index contributed by atoms with van der Waals surface area (Å²) in [5.41, 5.74) is 0.690. The van der Waals surface area contributed by atoms with E-state index in [0.717, 1.165) is 0 Å². The van der Waals surface area contributed by atoms with Crippen molar-refractivity contribution in [3.63, 3.8) is 0 Å². The standard InChI is InChI=1S/C12H9ClFNO2/c13-11-8(3-1-4-9(11)14)7-15-6-2-5-10(15)12(16)17/h1-6H,7H2,(H,16,17). The molecule has 5 heteroatoms. The Balaban J connectivity index is 2.35. The average Bonchev–Trinajstić information content (AvgIpc) is 2.73. The van der Waals surface area contributed by atoms with Gasteiger partial charge in [0, 0.05) is 12.7 Å². The van der Waals surface area contributed by atoms with Crippen LogP contribution in [0.4, 0.5) is 4.39 Å². The van der Waals surface area contributed by atoms with Gasteiger partial charge in [0.2, 0.25) is 0 Å². The van der Waals surface area contributed by atoms with Gasteiger partial charge in [-0.25, -0.2) is 9.18 Å². The largest absolute Gasteiger partial charge is 0.477 e. The van der Waals surface area contributed by atoms with Gasteiger partial charge in [-0.3, -0.25) is 0 Å². The molecule has 0 aliphatic rings. The lowest BCUT2D eigenvalue weighted by molar-refractivity contribution is 0.0685. The molecule has 1 aromatic carbocycles. The molecule has 0 aliphatic heterocycles. The fourth-order valence-electron chi connectivity index (χ4n) is 1.60. The SMILES string of the molecule is O=C(O)c1cccn1Cc1cccc(F)c1Cl. The summed E-state index contributed by atoms with van der Waals surface area (Å²) in [5.74, 6) is -1.53. The van der Waals surface area contributed by atoms with E-state index < -0.39 is 11.8 Å². The van der Waals surface area contributed by atoms with Gasteiger partial charge in [-0.1, -0.05) is 23.7 Å². The predicted octanol–water partition coefficient (Wildman–Crippen LogP) is 3.03. The molecule has 0 radical (unpaired) electrons. The van der Waals surface area contributed by atoms with E-state index in [1.165, 1.54) is 16.7 Å². The summed E-state index contributed by atoms with van der Waals surface area (Å²) in [6, 6.07) is 7.57. The van der Waals surface area contributed by atoms with Gasteiger partial charge in [-0.05, 0) is 23.8 Å². The molecule has 1 N–H and O–H groups in total. The van der Waals surface area contributed by atoms with Crippen LogP contribution in [-0.4, -0.2) is 15.6 Å². The van der Waals surface area contributed by atoms with E-state index in [1.807, 2.05) is 0 Å². The van der Waals surface area contributed by atoms with E-state index >= 15 is 0 Å². The smallest absolute Gasteiger partial charge is 0.352 e. The molecule has 1 heterocycles. The monoisotopic (exact) mass is 253 g/mol. The number of carboxylic acid groups (broad SMARTS) is 1. The quantitative estimate of drug-likeness (QED) is 0.914. The average molecular weight is 254 g/mol. The first-order valence-corrected chi connectivity index (χ1v) is 5.28. The maximum Gasteiger partial charge on any atom is 0.352 e. The van der Waals surface area contributed by atoms with Crippen LogP contribution in [0.2, 0.25) is 5.02 Å². The second-order valence-corrected chi connectivity index (χ2v) is 3.92. The molecule has 0 bridgehead atoms. The minimum absolute atomic E-state index is 0.0255. The van der Waals surface area contributed by atoms with Crippen molar-refractivity contribution in [2.45, 2.75) is 6.54 Å². The zero-order chi connectivity index (χ0) is 12.4. The Kier molecular flexibility index (Phi) is 3.15. The Morgan fingerprint density at radius 1 is 1.35 bits per heavy atom. The summed E-state index contributed by atoms with van der Waals surface area (Å²) in [6.45, 7) is 0.227. The first kappa shape index (κ1) is 11.7. The minimum Gasteiger partial charge on any atom is -0.477 e. The first-order chi connectivity index (χ1) is 8.09. The van der Waals surface area contributed by atoms with Gasteiger partial charge < -0.3 is 9.67 Å². The maximum absolute atomic E-state index is 13.2. The Morgan fingerprint density at radius 3 is 2.82 bits per heavy atom. The van der Waals surface area contributed by atoms with Crippen molar-refractivity contribution in [2.24, 2.45) is 0 Å². The molecule has 0 unspecified atom stereocenters. The highest BCUT2D eigenvalue weighted by atomic mass is 35.5. The highest BCUT2D eigenvalue weighted by Gasteiger charge is 2.11. The Labute approximate surface area is 102 Å². The molecule has 17 heavy (non-hydrogen) atoms. The fraction of sp³-hybridized carbons (Fsp3) is 0.0833. The summed E-state index contributed by atoms with van der Waals surface area (Å²) in [4.78, 5) is 10.9. The number of halogens is 2. The highest BCUT2D eigenvalue weighted by molar-refractivity contribution is 6.31. The van der Waals surface area contributed by atoms with Crippen molar-refractivity contribution in [3.05, 3.63) is 58.6 Å². The van der Waals surface area contributed by atoms with Crippen molar-refractivity contribution in [3.8, 4) is 0 Å². The zero-order valence-corrected chi connectivity index (χ0v) is 9.49. The first-order valence-electron chi connectivity index (χ1n) is 4.91. The van der Waals surface area contributed by atoms with Crippen molar-refractivity contribution >= 4 is 17.6 Å². The van der Waals surface area contributed by atoms with Gasteiger partial charge in [0.15, 0.2) is 0 Å². The molecule has 1 aromatic heterocycles. The molecular formula is C12H9ClFNO2. The minimum atomic E-state index is -1.03. The van der Waals surface area contributed by atoms with E-state index in [2.05, 4.69) is 0 Å². The third-order valence-corrected chi connectivity index (χ3v) is 2.84. The van der Waals surface area contributed by atoms with Gasteiger partial charge in [0.1, 0.15) is 11.5 Å². The fourth-order valence-corrected chi connectivity index (χ4v) is 1.79. The Hall–Kier alpha value is -1.81. The summed E-state index contributed by atoms with van der Waals surface area (Å²) in [7, 11) is 0. The number of carbonyl (C=O) groups is 1. The lowest BCUT2D eigenvalue weighted by atomic mass is 10.2. The molecule has 3 nitrogen and oxygen atoms in total. The van der Waals surface area contributed by atoms with Crippen LogP contribution in [0.25, 0.3) is 0 Å². The third kappa shape index (κ3) is 2.31. The molecule has 0 saturated heterocycles. The van der Waals surface area contributed by atoms with Crippen LogP contribution < -0.4 is 0 Å². The normalized spacial score (nSPS) is 10.5. The van der Waals surface area contributed by atoms with Gasteiger partial charge >= 0.3 is 5.97 Å². The van der Waals surface area contributed by atoms with Crippen LogP contribution in [0, 0.1) is 5.82 Å². The summed E-state index contributed by atoms with van der Waals surface area (Å²) in [6.07, 6.45) is 1.62. The van der Waals surface area contributed by atoms with Gasteiger partial charge in [-0.2, -0.15) is 0 Å². The number of nitrogens with zero attached hydrogens (tertiary/aromatic N) is 1. The third-order valence-electron chi connectivity index (χ3n) is 2.42. The van der Waals surface area contributed by atoms with Gasteiger partial charge in [-0.15, -0.1) is 0 Å². The number of benzene rings is 1. The van der Waals surface area contributed by atoms with Crippen LogP contribution in [0.1, 0.15) is 16.1 Å². The molecule has 0 spiro atoms. The number of aromatic carboxylic acids is 1.